The number of halogens is 1. The lowest BCUT2D eigenvalue weighted by atomic mass is 10.2. The summed E-state index contributed by atoms with van der Waals surface area (Å²) in [5, 5.41) is 12.3. The molecule has 1 heterocycles. The third-order valence-corrected chi connectivity index (χ3v) is 2.92. The number of hydrogen-bond donors (Lipinski definition) is 2. The van der Waals surface area contributed by atoms with Crippen molar-refractivity contribution in [3.63, 3.8) is 0 Å². The smallest absolute Gasteiger partial charge is 0.254 e. The molecular formula is C15H15FN2O3. The molecule has 0 saturated heterocycles. The number of aliphatic hydroxyl groups excluding tert-OH is 1. The molecule has 0 saturated carbocycles. The summed E-state index contributed by atoms with van der Waals surface area (Å²) in [4.78, 5) is 23.2. The summed E-state index contributed by atoms with van der Waals surface area (Å²) >= 11 is 0. The molecule has 0 spiro atoms. The van der Waals surface area contributed by atoms with E-state index in [0.717, 1.165) is 0 Å². The van der Waals surface area contributed by atoms with Crippen molar-refractivity contribution in [2.75, 3.05) is 6.54 Å². The van der Waals surface area contributed by atoms with E-state index < -0.39 is 17.8 Å². The number of rotatable bonds is 5. The number of amides is 1. The Hall–Kier alpha value is -2.47. The van der Waals surface area contributed by atoms with Crippen LogP contribution in [-0.4, -0.2) is 28.2 Å². The van der Waals surface area contributed by atoms with E-state index in [1.165, 1.54) is 28.8 Å². The highest BCUT2D eigenvalue weighted by Crippen LogP contribution is 2.05. The summed E-state index contributed by atoms with van der Waals surface area (Å²) < 4.78 is 14.7. The largest absolute Gasteiger partial charge is 0.389 e. The quantitative estimate of drug-likeness (QED) is 0.855. The van der Waals surface area contributed by atoms with Crippen molar-refractivity contribution in [2.45, 2.75) is 12.6 Å². The van der Waals surface area contributed by atoms with Gasteiger partial charge < -0.3 is 15.0 Å². The molecule has 1 amide bonds. The second kappa shape index (κ2) is 6.81. The zero-order chi connectivity index (χ0) is 15.2. The highest BCUT2D eigenvalue weighted by atomic mass is 19.1. The van der Waals surface area contributed by atoms with E-state index in [-0.39, 0.29) is 24.2 Å². The molecule has 110 valence electrons. The van der Waals surface area contributed by atoms with E-state index in [4.69, 9.17) is 0 Å². The van der Waals surface area contributed by atoms with Crippen molar-refractivity contribution in [1.29, 1.82) is 0 Å². The second-order valence-electron chi connectivity index (χ2n) is 4.53. The first kappa shape index (κ1) is 14.9. The van der Waals surface area contributed by atoms with Gasteiger partial charge in [-0.25, -0.2) is 4.39 Å². The van der Waals surface area contributed by atoms with E-state index >= 15 is 0 Å². The molecule has 1 aromatic carbocycles. The van der Waals surface area contributed by atoms with E-state index in [2.05, 4.69) is 5.32 Å². The minimum Gasteiger partial charge on any atom is -0.389 e. The van der Waals surface area contributed by atoms with E-state index in [1.807, 2.05) is 0 Å². The molecule has 0 radical (unpaired) electrons. The van der Waals surface area contributed by atoms with Crippen LogP contribution in [0.1, 0.15) is 10.4 Å². The average molecular weight is 290 g/mol. The maximum absolute atomic E-state index is 13.4. The molecule has 0 aliphatic heterocycles. The number of aromatic nitrogens is 1. The number of nitrogens with zero attached hydrogens (tertiary/aromatic N) is 1. The fourth-order valence-corrected chi connectivity index (χ4v) is 1.85. The summed E-state index contributed by atoms with van der Waals surface area (Å²) in [6, 6.07) is 10.2. The van der Waals surface area contributed by atoms with Crippen LogP contribution in [0.25, 0.3) is 0 Å². The van der Waals surface area contributed by atoms with Gasteiger partial charge in [-0.05, 0) is 18.2 Å². The minimum absolute atomic E-state index is 0.0528. The average Bonchev–Trinajstić information content (AvgIpc) is 2.48. The first-order valence-electron chi connectivity index (χ1n) is 6.44. The Balaban J connectivity index is 1.91. The third kappa shape index (κ3) is 4.00. The zero-order valence-electron chi connectivity index (χ0n) is 11.2. The number of pyridine rings is 1. The van der Waals surface area contributed by atoms with Crippen molar-refractivity contribution < 1.29 is 14.3 Å². The maximum Gasteiger partial charge on any atom is 0.254 e. The van der Waals surface area contributed by atoms with Crippen LogP contribution in [-0.2, 0) is 6.54 Å². The number of carbonyl (C=O) groups is 1. The number of carbonyl (C=O) groups excluding carboxylic acids is 1. The van der Waals surface area contributed by atoms with Gasteiger partial charge in [0.15, 0.2) is 0 Å². The molecular weight excluding hydrogens is 275 g/mol. The topological polar surface area (TPSA) is 71.3 Å². The van der Waals surface area contributed by atoms with Gasteiger partial charge in [0.05, 0.1) is 18.2 Å². The van der Waals surface area contributed by atoms with Gasteiger partial charge in [-0.2, -0.15) is 0 Å². The Kier molecular flexibility index (Phi) is 4.84. The fourth-order valence-electron chi connectivity index (χ4n) is 1.85. The number of benzene rings is 1. The summed E-state index contributed by atoms with van der Waals surface area (Å²) in [6.45, 7) is -0.0221. The second-order valence-corrected chi connectivity index (χ2v) is 4.53. The van der Waals surface area contributed by atoms with Crippen molar-refractivity contribution in [1.82, 2.24) is 9.88 Å². The highest BCUT2D eigenvalue weighted by Gasteiger charge is 2.13. The van der Waals surface area contributed by atoms with Gasteiger partial charge in [0.1, 0.15) is 5.82 Å². The Morgan fingerprint density at radius 2 is 1.95 bits per heavy atom. The molecule has 1 aromatic heterocycles. The van der Waals surface area contributed by atoms with Crippen LogP contribution in [0, 0.1) is 5.82 Å². The molecule has 0 unspecified atom stereocenters. The van der Waals surface area contributed by atoms with Crippen LogP contribution in [0.4, 0.5) is 4.39 Å². The number of nitrogens with one attached hydrogen (secondary N) is 1. The number of hydrogen-bond acceptors (Lipinski definition) is 3. The lowest BCUT2D eigenvalue weighted by Gasteiger charge is -2.13. The van der Waals surface area contributed by atoms with Gasteiger partial charge in [-0.1, -0.05) is 18.2 Å². The molecule has 0 aliphatic carbocycles. The van der Waals surface area contributed by atoms with Crippen LogP contribution in [0.3, 0.4) is 0 Å². The minimum atomic E-state index is -0.944. The van der Waals surface area contributed by atoms with E-state index in [0.29, 0.717) is 0 Å². The predicted octanol–water partition coefficient (Wildman–Crippen LogP) is 0.778. The molecule has 1 atom stereocenters. The first-order valence-corrected chi connectivity index (χ1v) is 6.44. The lowest BCUT2D eigenvalue weighted by Crippen LogP contribution is -2.36. The third-order valence-electron chi connectivity index (χ3n) is 2.92. The zero-order valence-corrected chi connectivity index (χ0v) is 11.2. The van der Waals surface area contributed by atoms with Gasteiger partial charge in [0, 0.05) is 18.8 Å². The molecule has 2 aromatic rings. The summed E-state index contributed by atoms with van der Waals surface area (Å²) in [6.07, 6.45) is 0.602. The van der Waals surface area contributed by atoms with E-state index in [9.17, 15) is 19.1 Å². The van der Waals surface area contributed by atoms with Crippen LogP contribution >= 0.6 is 0 Å². The standard InChI is InChI=1S/C15H15FN2O3/c16-13-6-2-1-5-12(13)15(21)17-9-11(19)10-18-8-4-3-7-14(18)20/h1-8,11,19H,9-10H2,(H,17,21)/t11-/m0/s1. The number of aliphatic hydroxyl groups is 1. The SMILES string of the molecule is O=C(NC[C@H](O)Cn1ccccc1=O)c1ccccc1F. The monoisotopic (exact) mass is 290 g/mol. The maximum atomic E-state index is 13.4. The van der Waals surface area contributed by atoms with Crippen molar-refractivity contribution in [3.05, 3.63) is 70.4 Å². The van der Waals surface area contributed by atoms with Crippen molar-refractivity contribution in [2.24, 2.45) is 0 Å². The molecule has 21 heavy (non-hydrogen) atoms. The normalized spacial score (nSPS) is 11.9. The summed E-state index contributed by atoms with van der Waals surface area (Å²) in [5.41, 5.74) is -0.321. The molecule has 6 heteroatoms. The van der Waals surface area contributed by atoms with Crippen molar-refractivity contribution >= 4 is 5.91 Å². The summed E-state index contributed by atoms with van der Waals surface area (Å²) in [5.74, 6) is -1.23. The van der Waals surface area contributed by atoms with Crippen LogP contribution < -0.4 is 10.9 Å². The fraction of sp³-hybridized carbons (Fsp3) is 0.200. The summed E-state index contributed by atoms with van der Waals surface area (Å²) in [7, 11) is 0. The molecule has 2 rings (SSSR count). The molecule has 5 nitrogen and oxygen atoms in total. The highest BCUT2D eigenvalue weighted by molar-refractivity contribution is 5.94. The lowest BCUT2D eigenvalue weighted by molar-refractivity contribution is 0.0899. The molecule has 0 fully saturated rings. The van der Waals surface area contributed by atoms with Crippen LogP contribution in [0.5, 0.6) is 0 Å². The van der Waals surface area contributed by atoms with Gasteiger partial charge in [0.25, 0.3) is 11.5 Å². The Bertz CT molecular complexity index is 684. The molecule has 2 N–H and O–H groups in total. The van der Waals surface area contributed by atoms with Crippen molar-refractivity contribution in [3.8, 4) is 0 Å². The van der Waals surface area contributed by atoms with Gasteiger partial charge in [-0.3, -0.25) is 9.59 Å². The Labute approximate surface area is 120 Å². The van der Waals surface area contributed by atoms with Crippen LogP contribution in [0.15, 0.2) is 53.5 Å². The first-order chi connectivity index (χ1) is 10.1. The molecule has 0 aliphatic rings. The van der Waals surface area contributed by atoms with E-state index in [1.54, 1.807) is 24.4 Å². The molecule has 0 bridgehead atoms. The van der Waals surface area contributed by atoms with Gasteiger partial charge >= 0.3 is 0 Å². The predicted molar refractivity (Wildman–Crippen MR) is 75.4 cm³/mol. The Morgan fingerprint density at radius 1 is 1.24 bits per heavy atom. The van der Waals surface area contributed by atoms with Crippen LogP contribution in [0.2, 0.25) is 0 Å². The van der Waals surface area contributed by atoms with Gasteiger partial charge in [-0.15, -0.1) is 0 Å². The van der Waals surface area contributed by atoms with Gasteiger partial charge in [0.2, 0.25) is 0 Å². The Morgan fingerprint density at radius 3 is 2.67 bits per heavy atom.